The van der Waals surface area contributed by atoms with E-state index in [-0.39, 0.29) is 35.5 Å². The summed E-state index contributed by atoms with van der Waals surface area (Å²) < 4.78 is 42.1. The number of amides is 2. The molecule has 10 heteroatoms. The highest BCUT2D eigenvalue weighted by atomic mass is 35.5. The summed E-state index contributed by atoms with van der Waals surface area (Å²) in [5.41, 5.74) is 0.804. The number of hydrogen-bond donors (Lipinski definition) is 1. The summed E-state index contributed by atoms with van der Waals surface area (Å²) in [6.07, 6.45) is 0.990. The molecule has 0 saturated heterocycles. The van der Waals surface area contributed by atoms with Crippen LogP contribution in [0.25, 0.3) is 0 Å². The first-order valence-corrected chi connectivity index (χ1v) is 14.6. The molecule has 0 fully saturated rings. The number of anilines is 1. The quantitative estimate of drug-likeness (QED) is 0.314. The van der Waals surface area contributed by atoms with Crippen molar-refractivity contribution < 1.29 is 22.4 Å². The van der Waals surface area contributed by atoms with Crippen LogP contribution < -0.4 is 9.62 Å². The standard InChI is InChI=1S/C29H33ClFN3O4S/c1-4-21(3)32-29(36)27(5-2)33(19-22-14-16-24(31)17-15-22)28(35)20-34(25-11-9-10-23(30)18-25)39(37,38)26-12-7-6-8-13-26/h6-18,21,27H,4-5,19-20H2,1-3H3,(H,32,36)/t21-,27+/m1/s1. The van der Waals surface area contributed by atoms with Crippen molar-refractivity contribution in [1.82, 2.24) is 10.2 Å². The van der Waals surface area contributed by atoms with Gasteiger partial charge in [0.25, 0.3) is 10.0 Å². The lowest BCUT2D eigenvalue weighted by Crippen LogP contribution is -2.53. The second kappa shape index (κ2) is 13.6. The van der Waals surface area contributed by atoms with Crippen molar-refractivity contribution in [3.8, 4) is 0 Å². The zero-order valence-corrected chi connectivity index (χ0v) is 23.8. The molecule has 0 aliphatic carbocycles. The molecule has 3 aromatic rings. The van der Waals surface area contributed by atoms with E-state index >= 15 is 0 Å². The molecule has 39 heavy (non-hydrogen) atoms. The predicted molar refractivity (Wildman–Crippen MR) is 151 cm³/mol. The number of hydrogen-bond acceptors (Lipinski definition) is 4. The summed E-state index contributed by atoms with van der Waals surface area (Å²) in [6, 6.07) is 18.6. The van der Waals surface area contributed by atoms with Crippen LogP contribution in [0.15, 0.2) is 83.8 Å². The molecule has 208 valence electrons. The zero-order chi connectivity index (χ0) is 28.6. The normalized spacial score (nSPS) is 12.8. The summed E-state index contributed by atoms with van der Waals surface area (Å²) >= 11 is 6.18. The third kappa shape index (κ3) is 7.80. The number of halogens is 2. The van der Waals surface area contributed by atoms with E-state index in [0.29, 0.717) is 17.0 Å². The Morgan fingerprint density at radius 3 is 2.21 bits per heavy atom. The van der Waals surface area contributed by atoms with Crippen molar-refractivity contribution in [2.75, 3.05) is 10.8 Å². The van der Waals surface area contributed by atoms with Gasteiger partial charge in [0.2, 0.25) is 11.8 Å². The number of benzene rings is 3. The minimum Gasteiger partial charge on any atom is -0.352 e. The van der Waals surface area contributed by atoms with E-state index < -0.39 is 34.3 Å². The maximum atomic E-state index is 14.0. The van der Waals surface area contributed by atoms with Crippen LogP contribution in [0, 0.1) is 5.82 Å². The highest BCUT2D eigenvalue weighted by molar-refractivity contribution is 7.92. The molecular formula is C29H33ClFN3O4S. The molecule has 0 heterocycles. The zero-order valence-electron chi connectivity index (χ0n) is 22.2. The Hall–Kier alpha value is -3.43. The molecule has 3 aromatic carbocycles. The Morgan fingerprint density at radius 1 is 0.949 bits per heavy atom. The van der Waals surface area contributed by atoms with Crippen molar-refractivity contribution >= 4 is 39.1 Å². The fraction of sp³-hybridized carbons (Fsp3) is 0.310. The third-order valence-electron chi connectivity index (χ3n) is 6.36. The smallest absolute Gasteiger partial charge is 0.264 e. The SMILES string of the molecule is CC[C@@H](C)NC(=O)[C@H](CC)N(Cc1ccc(F)cc1)C(=O)CN(c1cccc(Cl)c1)S(=O)(=O)c1ccccc1. The van der Waals surface area contributed by atoms with Gasteiger partial charge in [0, 0.05) is 17.6 Å². The number of rotatable bonds is 12. The summed E-state index contributed by atoms with van der Waals surface area (Å²) in [5.74, 6) is -1.37. The average molecular weight is 574 g/mol. The number of carbonyl (C=O) groups is 2. The highest BCUT2D eigenvalue weighted by Crippen LogP contribution is 2.27. The largest absolute Gasteiger partial charge is 0.352 e. The fourth-order valence-corrected chi connectivity index (χ4v) is 5.64. The Morgan fingerprint density at radius 2 is 1.62 bits per heavy atom. The molecule has 7 nitrogen and oxygen atoms in total. The molecule has 1 N–H and O–H groups in total. The van der Waals surface area contributed by atoms with Gasteiger partial charge in [-0.3, -0.25) is 13.9 Å². The van der Waals surface area contributed by atoms with Crippen molar-refractivity contribution in [1.29, 1.82) is 0 Å². The molecule has 0 bridgehead atoms. The first-order valence-electron chi connectivity index (χ1n) is 12.7. The van der Waals surface area contributed by atoms with Gasteiger partial charge in [-0.05, 0) is 67.8 Å². The molecular weight excluding hydrogens is 541 g/mol. The Bertz CT molecular complexity index is 1370. The molecule has 0 radical (unpaired) electrons. The van der Waals surface area contributed by atoms with E-state index in [4.69, 9.17) is 11.6 Å². The van der Waals surface area contributed by atoms with Crippen LogP contribution in [0.3, 0.4) is 0 Å². The summed E-state index contributed by atoms with van der Waals surface area (Å²) in [5, 5.41) is 3.22. The Labute approximate surface area is 234 Å². The minimum absolute atomic E-state index is 0.00409. The van der Waals surface area contributed by atoms with Gasteiger partial charge in [0.05, 0.1) is 10.6 Å². The van der Waals surface area contributed by atoms with Gasteiger partial charge in [0.15, 0.2) is 0 Å². The first-order chi connectivity index (χ1) is 18.6. The molecule has 0 saturated carbocycles. The van der Waals surface area contributed by atoms with Crippen LogP contribution in [-0.4, -0.2) is 43.8 Å². The summed E-state index contributed by atoms with van der Waals surface area (Å²) in [6.45, 7) is 4.99. The molecule has 0 unspecified atom stereocenters. The third-order valence-corrected chi connectivity index (χ3v) is 8.38. The average Bonchev–Trinajstić information content (AvgIpc) is 2.92. The number of carbonyl (C=O) groups excluding carboxylic acids is 2. The van der Waals surface area contributed by atoms with E-state index in [1.807, 2.05) is 13.8 Å². The molecule has 3 rings (SSSR count). The van der Waals surface area contributed by atoms with Crippen LogP contribution in [0.4, 0.5) is 10.1 Å². The predicted octanol–water partition coefficient (Wildman–Crippen LogP) is 5.40. The van der Waals surface area contributed by atoms with Crippen LogP contribution in [0.2, 0.25) is 5.02 Å². The number of nitrogens with one attached hydrogen (secondary N) is 1. The fourth-order valence-electron chi connectivity index (χ4n) is 4.03. The summed E-state index contributed by atoms with van der Waals surface area (Å²) in [7, 11) is -4.18. The van der Waals surface area contributed by atoms with Crippen LogP contribution >= 0.6 is 11.6 Å². The molecule has 0 aliphatic rings. The summed E-state index contributed by atoms with van der Waals surface area (Å²) in [4.78, 5) is 28.5. The lowest BCUT2D eigenvalue weighted by atomic mass is 10.1. The van der Waals surface area contributed by atoms with Gasteiger partial charge < -0.3 is 10.2 Å². The van der Waals surface area contributed by atoms with Crippen molar-refractivity contribution in [3.63, 3.8) is 0 Å². The molecule has 2 amide bonds. The van der Waals surface area contributed by atoms with Crippen molar-refractivity contribution in [3.05, 3.63) is 95.3 Å². The van der Waals surface area contributed by atoms with Crippen LogP contribution in [-0.2, 0) is 26.2 Å². The van der Waals surface area contributed by atoms with Crippen molar-refractivity contribution in [2.24, 2.45) is 0 Å². The maximum Gasteiger partial charge on any atom is 0.264 e. The first kappa shape index (κ1) is 30.1. The molecule has 0 aliphatic heterocycles. The Balaban J connectivity index is 2.04. The van der Waals surface area contributed by atoms with Crippen LogP contribution in [0.5, 0.6) is 0 Å². The lowest BCUT2D eigenvalue weighted by molar-refractivity contribution is -0.140. The minimum atomic E-state index is -4.18. The number of nitrogens with zero attached hydrogens (tertiary/aromatic N) is 2. The Kier molecular flexibility index (Phi) is 10.5. The monoisotopic (exact) mass is 573 g/mol. The van der Waals surface area contributed by atoms with Gasteiger partial charge in [-0.25, -0.2) is 12.8 Å². The second-order valence-electron chi connectivity index (χ2n) is 9.19. The topological polar surface area (TPSA) is 86.8 Å². The van der Waals surface area contributed by atoms with E-state index in [1.54, 1.807) is 43.3 Å². The van der Waals surface area contributed by atoms with E-state index in [0.717, 1.165) is 4.31 Å². The lowest BCUT2D eigenvalue weighted by Gasteiger charge is -2.33. The van der Waals surface area contributed by atoms with Gasteiger partial charge in [-0.2, -0.15) is 0 Å². The number of sulfonamides is 1. The van der Waals surface area contributed by atoms with Crippen molar-refractivity contribution in [2.45, 2.75) is 57.1 Å². The molecule has 0 aromatic heterocycles. The van der Waals surface area contributed by atoms with E-state index in [1.165, 1.54) is 47.4 Å². The van der Waals surface area contributed by atoms with E-state index in [9.17, 15) is 22.4 Å². The maximum absolute atomic E-state index is 14.0. The van der Waals surface area contributed by atoms with Crippen LogP contribution in [0.1, 0.15) is 39.2 Å². The van der Waals surface area contributed by atoms with E-state index in [2.05, 4.69) is 5.32 Å². The van der Waals surface area contributed by atoms with Gasteiger partial charge in [0.1, 0.15) is 18.4 Å². The molecule has 0 spiro atoms. The second-order valence-corrected chi connectivity index (χ2v) is 11.5. The van der Waals surface area contributed by atoms with Gasteiger partial charge in [-0.15, -0.1) is 0 Å². The van der Waals surface area contributed by atoms with Gasteiger partial charge in [-0.1, -0.05) is 61.8 Å². The molecule has 2 atom stereocenters. The highest BCUT2D eigenvalue weighted by Gasteiger charge is 2.34. The van der Waals surface area contributed by atoms with Gasteiger partial charge >= 0.3 is 0 Å².